The van der Waals surface area contributed by atoms with E-state index in [1.165, 1.54) is 22.3 Å². The van der Waals surface area contributed by atoms with E-state index in [4.69, 9.17) is 0 Å². The third-order valence-corrected chi connectivity index (χ3v) is 2.67. The fourth-order valence-electron chi connectivity index (χ4n) is 1.74. The standard InChI is InChI=1S/C16H20/c1-5-7-10-13(3)15(6-2)16-12-9-8-11-14(16)4/h6-12H,2,5H2,1,3-4H3/b10-7-,15-13+. The van der Waals surface area contributed by atoms with Gasteiger partial charge in [0, 0.05) is 0 Å². The van der Waals surface area contributed by atoms with Crippen LogP contribution in [0.15, 0.2) is 54.6 Å². The molecule has 0 N–H and O–H groups in total. The Hall–Kier alpha value is -1.56. The monoisotopic (exact) mass is 212 g/mol. The molecular weight excluding hydrogens is 192 g/mol. The lowest BCUT2D eigenvalue weighted by Crippen LogP contribution is -1.88. The first kappa shape index (κ1) is 12.5. The maximum Gasteiger partial charge on any atom is -0.0152 e. The van der Waals surface area contributed by atoms with Gasteiger partial charge in [0.1, 0.15) is 0 Å². The summed E-state index contributed by atoms with van der Waals surface area (Å²) in [4.78, 5) is 0. The molecule has 0 bridgehead atoms. The zero-order valence-corrected chi connectivity index (χ0v) is 10.5. The molecule has 0 atom stereocenters. The first-order valence-electron chi connectivity index (χ1n) is 5.76. The molecule has 0 amide bonds. The van der Waals surface area contributed by atoms with Crippen molar-refractivity contribution in [3.8, 4) is 0 Å². The molecule has 16 heavy (non-hydrogen) atoms. The van der Waals surface area contributed by atoms with E-state index in [1.54, 1.807) is 0 Å². The van der Waals surface area contributed by atoms with Crippen molar-refractivity contribution in [1.29, 1.82) is 0 Å². The fourth-order valence-corrected chi connectivity index (χ4v) is 1.74. The Balaban J connectivity index is 3.22. The molecule has 0 fully saturated rings. The highest BCUT2D eigenvalue weighted by atomic mass is 14.1. The van der Waals surface area contributed by atoms with Crippen LogP contribution in [-0.4, -0.2) is 0 Å². The van der Waals surface area contributed by atoms with Crippen LogP contribution in [0.5, 0.6) is 0 Å². The van der Waals surface area contributed by atoms with Gasteiger partial charge < -0.3 is 0 Å². The zero-order chi connectivity index (χ0) is 12.0. The Bertz CT molecular complexity index is 419. The van der Waals surface area contributed by atoms with Crippen LogP contribution in [0, 0.1) is 6.92 Å². The summed E-state index contributed by atoms with van der Waals surface area (Å²) < 4.78 is 0. The van der Waals surface area contributed by atoms with Gasteiger partial charge in [0.05, 0.1) is 0 Å². The highest BCUT2D eigenvalue weighted by molar-refractivity contribution is 5.79. The van der Waals surface area contributed by atoms with Crippen LogP contribution in [0.4, 0.5) is 0 Å². The lowest BCUT2D eigenvalue weighted by Gasteiger charge is -2.09. The second-order valence-corrected chi connectivity index (χ2v) is 3.93. The number of benzene rings is 1. The second kappa shape index (κ2) is 6.12. The Kier molecular flexibility index (Phi) is 4.78. The van der Waals surface area contributed by atoms with Crippen LogP contribution >= 0.6 is 0 Å². The smallest absolute Gasteiger partial charge is 0.0152 e. The second-order valence-electron chi connectivity index (χ2n) is 3.93. The maximum absolute atomic E-state index is 3.92. The van der Waals surface area contributed by atoms with Crippen molar-refractivity contribution >= 4 is 5.57 Å². The molecular formula is C16H20. The summed E-state index contributed by atoms with van der Waals surface area (Å²) in [7, 11) is 0. The van der Waals surface area contributed by atoms with Crippen LogP contribution < -0.4 is 0 Å². The van der Waals surface area contributed by atoms with Crippen molar-refractivity contribution in [2.75, 3.05) is 0 Å². The molecule has 0 radical (unpaired) electrons. The van der Waals surface area contributed by atoms with Gasteiger partial charge in [-0.25, -0.2) is 0 Å². The average molecular weight is 212 g/mol. The average Bonchev–Trinajstić information content (AvgIpc) is 2.30. The first-order valence-corrected chi connectivity index (χ1v) is 5.76. The van der Waals surface area contributed by atoms with E-state index in [9.17, 15) is 0 Å². The number of aryl methyl sites for hydroxylation is 1. The summed E-state index contributed by atoms with van der Waals surface area (Å²) in [6, 6.07) is 8.42. The molecule has 0 nitrogen and oxygen atoms in total. The Morgan fingerprint density at radius 2 is 2.00 bits per heavy atom. The van der Waals surface area contributed by atoms with Gasteiger partial charge in [-0.15, -0.1) is 0 Å². The highest BCUT2D eigenvalue weighted by Crippen LogP contribution is 2.23. The normalized spacial score (nSPS) is 12.7. The first-order chi connectivity index (χ1) is 7.70. The summed E-state index contributed by atoms with van der Waals surface area (Å²) in [5.41, 5.74) is 5.06. The molecule has 0 unspecified atom stereocenters. The minimum atomic E-state index is 1.07. The molecule has 0 aliphatic heterocycles. The van der Waals surface area contributed by atoms with Gasteiger partial charge in [0.2, 0.25) is 0 Å². The molecule has 0 aliphatic carbocycles. The van der Waals surface area contributed by atoms with Gasteiger partial charge >= 0.3 is 0 Å². The number of rotatable bonds is 4. The van der Waals surface area contributed by atoms with Crippen LogP contribution in [0.1, 0.15) is 31.4 Å². The minimum absolute atomic E-state index is 1.07. The highest BCUT2D eigenvalue weighted by Gasteiger charge is 2.02. The number of hydrogen-bond acceptors (Lipinski definition) is 0. The molecule has 0 heteroatoms. The van der Waals surface area contributed by atoms with Gasteiger partial charge in [0.15, 0.2) is 0 Å². The van der Waals surface area contributed by atoms with Crippen LogP contribution in [0.3, 0.4) is 0 Å². The minimum Gasteiger partial charge on any atom is -0.0984 e. The van der Waals surface area contributed by atoms with Crippen molar-refractivity contribution in [1.82, 2.24) is 0 Å². The van der Waals surface area contributed by atoms with E-state index in [-0.39, 0.29) is 0 Å². The Morgan fingerprint density at radius 3 is 2.56 bits per heavy atom. The van der Waals surface area contributed by atoms with E-state index < -0.39 is 0 Å². The summed E-state index contributed by atoms with van der Waals surface area (Å²) in [6.45, 7) is 10.3. The molecule has 1 aromatic rings. The SMILES string of the molecule is C=C/C(=C(C)\C=C/CC)c1ccccc1C. The Morgan fingerprint density at radius 1 is 1.31 bits per heavy atom. The topological polar surface area (TPSA) is 0 Å². The van der Waals surface area contributed by atoms with E-state index >= 15 is 0 Å². The van der Waals surface area contributed by atoms with E-state index in [2.05, 4.69) is 63.8 Å². The molecule has 0 saturated heterocycles. The molecule has 0 heterocycles. The summed E-state index contributed by atoms with van der Waals surface area (Å²) in [6.07, 6.45) is 7.35. The molecule has 0 aromatic heterocycles. The van der Waals surface area contributed by atoms with Crippen molar-refractivity contribution in [2.45, 2.75) is 27.2 Å². The van der Waals surface area contributed by atoms with Crippen LogP contribution in [0.25, 0.3) is 5.57 Å². The largest absolute Gasteiger partial charge is 0.0984 e. The van der Waals surface area contributed by atoms with Gasteiger partial charge in [-0.3, -0.25) is 0 Å². The summed E-state index contributed by atoms with van der Waals surface area (Å²) >= 11 is 0. The molecule has 1 rings (SSSR count). The number of allylic oxidation sites excluding steroid dienone is 5. The predicted octanol–water partition coefficient (Wildman–Crippen LogP) is 4.92. The van der Waals surface area contributed by atoms with Crippen molar-refractivity contribution in [3.63, 3.8) is 0 Å². The van der Waals surface area contributed by atoms with Crippen molar-refractivity contribution < 1.29 is 0 Å². The molecule has 0 aliphatic rings. The molecule has 84 valence electrons. The van der Waals surface area contributed by atoms with Gasteiger partial charge in [0.25, 0.3) is 0 Å². The van der Waals surface area contributed by atoms with Crippen LogP contribution in [0.2, 0.25) is 0 Å². The zero-order valence-electron chi connectivity index (χ0n) is 10.5. The van der Waals surface area contributed by atoms with Crippen LogP contribution in [-0.2, 0) is 0 Å². The Labute approximate surface area is 99.0 Å². The summed E-state index contributed by atoms with van der Waals surface area (Å²) in [5, 5.41) is 0. The number of hydrogen-bond donors (Lipinski definition) is 0. The van der Waals surface area contributed by atoms with E-state index in [1.807, 2.05) is 6.08 Å². The molecule has 1 aromatic carbocycles. The van der Waals surface area contributed by atoms with Gasteiger partial charge in [-0.05, 0) is 42.5 Å². The summed E-state index contributed by atoms with van der Waals surface area (Å²) in [5.74, 6) is 0. The maximum atomic E-state index is 3.92. The molecule has 0 saturated carbocycles. The fraction of sp³-hybridized carbons (Fsp3) is 0.250. The lowest BCUT2D eigenvalue weighted by atomic mass is 9.96. The molecule has 0 spiro atoms. The van der Waals surface area contributed by atoms with Crippen molar-refractivity contribution in [2.24, 2.45) is 0 Å². The lowest BCUT2D eigenvalue weighted by molar-refractivity contribution is 1.22. The third-order valence-electron chi connectivity index (χ3n) is 2.67. The quantitative estimate of drug-likeness (QED) is 0.621. The van der Waals surface area contributed by atoms with Gasteiger partial charge in [-0.2, -0.15) is 0 Å². The third kappa shape index (κ3) is 2.96. The van der Waals surface area contributed by atoms with E-state index in [0.717, 1.165) is 6.42 Å². The van der Waals surface area contributed by atoms with Crippen molar-refractivity contribution in [3.05, 3.63) is 65.8 Å². The predicted molar refractivity (Wildman–Crippen MR) is 73.4 cm³/mol. The van der Waals surface area contributed by atoms with Gasteiger partial charge in [-0.1, -0.05) is 56.0 Å². The van der Waals surface area contributed by atoms with E-state index in [0.29, 0.717) is 0 Å².